The second-order valence-electron chi connectivity index (χ2n) is 5.43. The number of hydrazine groups is 1. The number of nitrogens with one attached hydrogen (secondary N) is 3. The summed E-state index contributed by atoms with van der Waals surface area (Å²) in [6.45, 7) is 1.49. The van der Waals surface area contributed by atoms with Gasteiger partial charge in [0.15, 0.2) is 11.7 Å². The molecule has 0 spiro atoms. The van der Waals surface area contributed by atoms with Gasteiger partial charge in [0.05, 0.1) is 4.92 Å². The lowest BCUT2D eigenvalue weighted by Gasteiger charge is -2.12. The zero-order valence-electron chi connectivity index (χ0n) is 14.5. The number of aryl methyl sites for hydroxylation is 1. The average Bonchev–Trinajstić information content (AvgIpc) is 2.67. The molecule has 2 amide bonds. The zero-order chi connectivity index (χ0) is 20.7. The molecule has 0 heterocycles. The van der Waals surface area contributed by atoms with Crippen LogP contribution in [0.5, 0.6) is 5.75 Å². The Morgan fingerprint density at radius 3 is 2.61 bits per heavy atom. The molecular weight excluding hydrogens is 408 g/mol. The molecule has 2 aromatic carbocycles. The molecule has 0 aliphatic carbocycles. The van der Waals surface area contributed by atoms with Gasteiger partial charge in [-0.3, -0.25) is 35.9 Å². The number of nitro groups is 1. The number of para-hydroxylation sites is 1. The summed E-state index contributed by atoms with van der Waals surface area (Å²) in [5, 5.41) is 13.5. The van der Waals surface area contributed by atoms with Gasteiger partial charge in [0, 0.05) is 11.1 Å². The van der Waals surface area contributed by atoms with Gasteiger partial charge >= 0.3 is 0 Å². The fourth-order valence-electron chi connectivity index (χ4n) is 2.04. The first-order valence-corrected chi connectivity index (χ1v) is 8.59. The molecule has 0 radical (unpaired) electrons. The molecule has 9 nitrogen and oxygen atoms in total. The predicted molar refractivity (Wildman–Crippen MR) is 106 cm³/mol. The summed E-state index contributed by atoms with van der Waals surface area (Å²) in [4.78, 5) is 34.2. The highest BCUT2D eigenvalue weighted by Crippen LogP contribution is 2.21. The van der Waals surface area contributed by atoms with Crippen molar-refractivity contribution in [2.24, 2.45) is 0 Å². The van der Waals surface area contributed by atoms with Gasteiger partial charge in [-0.25, -0.2) is 0 Å². The molecule has 2 aromatic rings. The van der Waals surface area contributed by atoms with Crippen LogP contribution in [0.4, 0.5) is 5.69 Å². The molecule has 0 saturated heterocycles. The number of ether oxygens (including phenoxy) is 1. The van der Waals surface area contributed by atoms with Gasteiger partial charge < -0.3 is 4.74 Å². The zero-order valence-corrected chi connectivity index (χ0v) is 16.1. The summed E-state index contributed by atoms with van der Waals surface area (Å²) in [6, 6.07) is 10.4. The first-order chi connectivity index (χ1) is 13.3. The van der Waals surface area contributed by atoms with Crippen molar-refractivity contribution in [3.8, 4) is 5.75 Å². The minimum absolute atomic E-state index is 0.163. The molecule has 2 rings (SSSR count). The summed E-state index contributed by atoms with van der Waals surface area (Å²) in [5.74, 6) is -0.883. The molecule has 0 unspecified atom stereocenters. The molecule has 146 valence electrons. The highest BCUT2D eigenvalue weighted by Gasteiger charge is 2.19. The smallest absolute Gasteiger partial charge is 0.282 e. The van der Waals surface area contributed by atoms with Crippen LogP contribution in [0.25, 0.3) is 0 Å². The van der Waals surface area contributed by atoms with Crippen molar-refractivity contribution in [1.29, 1.82) is 0 Å². The lowest BCUT2D eigenvalue weighted by Crippen LogP contribution is -2.49. The third kappa shape index (κ3) is 5.89. The van der Waals surface area contributed by atoms with Gasteiger partial charge in [-0.2, -0.15) is 0 Å². The predicted octanol–water partition coefficient (Wildman–Crippen LogP) is 2.27. The van der Waals surface area contributed by atoms with Gasteiger partial charge in [-0.1, -0.05) is 23.7 Å². The Morgan fingerprint density at radius 2 is 1.93 bits per heavy atom. The van der Waals surface area contributed by atoms with Crippen LogP contribution >= 0.6 is 23.8 Å². The Labute approximate surface area is 170 Å². The van der Waals surface area contributed by atoms with E-state index in [-0.39, 0.29) is 23.0 Å². The van der Waals surface area contributed by atoms with Crippen LogP contribution in [-0.4, -0.2) is 28.5 Å². The summed E-state index contributed by atoms with van der Waals surface area (Å²) in [7, 11) is 0. The molecule has 28 heavy (non-hydrogen) atoms. The van der Waals surface area contributed by atoms with Crippen molar-refractivity contribution in [2.75, 3.05) is 6.61 Å². The van der Waals surface area contributed by atoms with E-state index in [1.807, 2.05) is 0 Å². The van der Waals surface area contributed by atoms with Gasteiger partial charge in [0.1, 0.15) is 11.3 Å². The van der Waals surface area contributed by atoms with Gasteiger partial charge in [0.25, 0.3) is 17.5 Å². The molecule has 0 aromatic heterocycles. The number of hydrogen-bond acceptors (Lipinski definition) is 6. The largest absolute Gasteiger partial charge is 0.484 e. The fraction of sp³-hybridized carbons (Fsp3) is 0.118. The number of carbonyl (C=O) groups is 2. The standard InChI is InChI=1S/C17H15ClN4O5S/c1-10-8-11(6-7-13(10)18)27-9-15(23)20-21-17(28)19-16(24)12-4-2-3-5-14(12)22(25)26/h2-8H,9H2,1H3,(H,20,23)(H2,19,21,24,28). The van der Waals surface area contributed by atoms with Gasteiger partial charge in [-0.05, 0) is 49.0 Å². The monoisotopic (exact) mass is 422 g/mol. The normalized spacial score (nSPS) is 9.93. The molecule has 0 aliphatic heterocycles. The Bertz CT molecular complexity index is 938. The minimum Gasteiger partial charge on any atom is -0.484 e. The van der Waals surface area contributed by atoms with E-state index in [0.717, 1.165) is 5.56 Å². The third-order valence-electron chi connectivity index (χ3n) is 3.39. The number of nitro benzene ring substituents is 1. The first-order valence-electron chi connectivity index (χ1n) is 7.80. The van der Waals surface area contributed by atoms with Crippen LogP contribution in [0.2, 0.25) is 5.02 Å². The number of hydrogen-bond donors (Lipinski definition) is 3. The number of nitrogens with zero attached hydrogens (tertiary/aromatic N) is 1. The Hall–Kier alpha value is -3.24. The molecular formula is C17H15ClN4O5S. The average molecular weight is 423 g/mol. The number of rotatable bonds is 5. The maximum Gasteiger partial charge on any atom is 0.282 e. The van der Waals surface area contributed by atoms with Crippen LogP contribution in [0.3, 0.4) is 0 Å². The van der Waals surface area contributed by atoms with E-state index < -0.39 is 16.7 Å². The highest BCUT2D eigenvalue weighted by molar-refractivity contribution is 7.80. The Balaban J connectivity index is 1.81. The van der Waals surface area contributed by atoms with E-state index in [0.29, 0.717) is 10.8 Å². The fourth-order valence-corrected chi connectivity index (χ4v) is 2.31. The van der Waals surface area contributed by atoms with Crippen LogP contribution in [-0.2, 0) is 4.79 Å². The van der Waals surface area contributed by atoms with Crippen molar-refractivity contribution in [1.82, 2.24) is 16.2 Å². The van der Waals surface area contributed by atoms with Crippen LogP contribution in [0.15, 0.2) is 42.5 Å². The van der Waals surface area contributed by atoms with E-state index in [1.165, 1.54) is 24.3 Å². The van der Waals surface area contributed by atoms with Gasteiger partial charge in [0.2, 0.25) is 0 Å². The topological polar surface area (TPSA) is 123 Å². The Kier molecular flexibility index (Phi) is 7.24. The van der Waals surface area contributed by atoms with E-state index in [4.69, 9.17) is 28.6 Å². The lowest BCUT2D eigenvalue weighted by atomic mass is 10.1. The van der Waals surface area contributed by atoms with E-state index >= 15 is 0 Å². The first kappa shape index (κ1) is 21.1. The van der Waals surface area contributed by atoms with E-state index in [1.54, 1.807) is 25.1 Å². The van der Waals surface area contributed by atoms with Crippen molar-refractivity contribution in [3.05, 3.63) is 68.7 Å². The minimum atomic E-state index is -0.785. The second kappa shape index (κ2) is 9.62. The van der Waals surface area contributed by atoms with E-state index in [2.05, 4.69) is 16.2 Å². The van der Waals surface area contributed by atoms with E-state index in [9.17, 15) is 19.7 Å². The number of benzene rings is 2. The number of thiocarbonyl (C=S) groups is 1. The lowest BCUT2D eigenvalue weighted by molar-refractivity contribution is -0.385. The summed E-state index contributed by atoms with van der Waals surface area (Å²) < 4.78 is 5.31. The number of halogens is 1. The van der Waals surface area contributed by atoms with Crippen LogP contribution < -0.4 is 20.9 Å². The quantitative estimate of drug-likeness (QED) is 0.383. The molecule has 3 N–H and O–H groups in total. The molecule has 0 bridgehead atoms. The maximum absolute atomic E-state index is 12.1. The van der Waals surface area contributed by atoms with Crippen molar-refractivity contribution in [3.63, 3.8) is 0 Å². The third-order valence-corrected chi connectivity index (χ3v) is 4.02. The molecule has 0 saturated carbocycles. The summed E-state index contributed by atoms with van der Waals surface area (Å²) in [5.41, 5.74) is 4.84. The van der Waals surface area contributed by atoms with Crippen molar-refractivity contribution >= 4 is 46.4 Å². The molecule has 0 aliphatic rings. The van der Waals surface area contributed by atoms with Crippen molar-refractivity contribution in [2.45, 2.75) is 6.92 Å². The SMILES string of the molecule is Cc1cc(OCC(=O)NNC(=S)NC(=O)c2ccccc2[N+](=O)[O-])ccc1Cl. The molecule has 11 heteroatoms. The van der Waals surface area contributed by atoms with Crippen LogP contribution in [0, 0.1) is 17.0 Å². The van der Waals surface area contributed by atoms with Gasteiger partial charge in [-0.15, -0.1) is 0 Å². The summed E-state index contributed by atoms with van der Waals surface area (Å²) >= 11 is 10.8. The number of carbonyl (C=O) groups excluding carboxylic acids is 2. The Morgan fingerprint density at radius 1 is 1.21 bits per heavy atom. The summed E-state index contributed by atoms with van der Waals surface area (Å²) in [6.07, 6.45) is 0. The number of amides is 2. The van der Waals surface area contributed by atoms with Crippen molar-refractivity contribution < 1.29 is 19.2 Å². The maximum atomic E-state index is 12.1. The molecule has 0 atom stereocenters. The highest BCUT2D eigenvalue weighted by atomic mass is 35.5. The van der Waals surface area contributed by atoms with Crippen LogP contribution in [0.1, 0.15) is 15.9 Å². The molecule has 0 fully saturated rings. The second-order valence-corrected chi connectivity index (χ2v) is 6.25.